The Kier molecular flexibility index (Phi) is 6.97. The molecule has 138 valence electrons. The normalized spacial score (nSPS) is 20.1. The molecule has 0 aliphatic carbocycles. The third-order valence-electron chi connectivity index (χ3n) is 4.03. The van der Waals surface area contributed by atoms with Gasteiger partial charge in [0.2, 0.25) is 0 Å². The highest BCUT2D eigenvalue weighted by Gasteiger charge is 2.40. The largest absolute Gasteiger partial charge is 0.597 e. The molecule has 0 fully saturated rings. The first kappa shape index (κ1) is 20.3. The van der Waals surface area contributed by atoms with Gasteiger partial charge in [0, 0.05) is 16.4 Å². The molecule has 0 spiro atoms. The number of esters is 1. The van der Waals surface area contributed by atoms with Gasteiger partial charge in [0.15, 0.2) is 0 Å². The smallest absolute Gasteiger partial charge is 0.335 e. The number of hydrogen-bond donors (Lipinski definition) is 0. The van der Waals surface area contributed by atoms with Crippen LogP contribution in [-0.4, -0.2) is 38.8 Å². The maximum Gasteiger partial charge on any atom is 0.335 e. The summed E-state index contributed by atoms with van der Waals surface area (Å²) in [5, 5.41) is 0.701. The Balaban J connectivity index is 2.22. The van der Waals surface area contributed by atoms with Gasteiger partial charge in [0.05, 0.1) is 24.8 Å². The Morgan fingerprint density at radius 3 is 2.56 bits per heavy atom. The number of rotatable bonds is 5. The van der Waals surface area contributed by atoms with E-state index >= 15 is 0 Å². The van der Waals surface area contributed by atoms with Crippen LogP contribution in [0, 0.1) is 0 Å². The van der Waals surface area contributed by atoms with Gasteiger partial charge in [0.1, 0.15) is 4.75 Å². The van der Waals surface area contributed by atoms with Crippen molar-refractivity contribution < 1.29 is 14.1 Å². The lowest BCUT2D eigenvalue weighted by molar-refractivity contribution is -0.138. The number of halogens is 1. The van der Waals surface area contributed by atoms with Crippen LogP contribution in [0.2, 0.25) is 5.02 Å². The number of hydrogen-bond acceptors (Lipinski definition) is 4. The molecule has 1 aliphatic rings. The summed E-state index contributed by atoms with van der Waals surface area (Å²) >= 11 is 4.74. The molecule has 6 heteroatoms. The monoisotopic (exact) mass is 383 g/mol. The van der Waals surface area contributed by atoms with Crippen LogP contribution in [0.25, 0.3) is 0 Å². The maximum absolute atomic E-state index is 13.0. The summed E-state index contributed by atoms with van der Waals surface area (Å²) in [5.41, 5.74) is 1.73. The van der Waals surface area contributed by atoms with Gasteiger partial charge in [-0.25, -0.2) is 4.79 Å². The molecule has 1 unspecified atom stereocenters. The number of ether oxygens (including phenoxy) is 1. The molecule has 0 amide bonds. The van der Waals surface area contributed by atoms with Gasteiger partial charge in [-0.2, -0.15) is 0 Å². The molecule has 0 saturated carbocycles. The van der Waals surface area contributed by atoms with Crippen LogP contribution < -0.4 is 0 Å². The quantitative estimate of drug-likeness (QED) is 0.571. The Hall–Kier alpha value is -1.01. The van der Waals surface area contributed by atoms with Crippen molar-refractivity contribution >= 4 is 28.9 Å². The minimum atomic E-state index is -1.21. The van der Waals surface area contributed by atoms with E-state index in [0.717, 1.165) is 12.0 Å². The van der Waals surface area contributed by atoms with Crippen LogP contribution in [0.5, 0.6) is 0 Å². The zero-order valence-corrected chi connectivity index (χ0v) is 16.8. The van der Waals surface area contributed by atoms with Gasteiger partial charge in [0.25, 0.3) is 0 Å². The minimum Gasteiger partial charge on any atom is -0.597 e. The van der Waals surface area contributed by atoms with Crippen molar-refractivity contribution in [1.82, 2.24) is 4.31 Å². The lowest BCUT2D eigenvalue weighted by Crippen LogP contribution is -2.51. The van der Waals surface area contributed by atoms with Gasteiger partial charge < -0.3 is 9.29 Å². The third-order valence-corrected chi connectivity index (χ3v) is 6.18. The zero-order valence-electron chi connectivity index (χ0n) is 15.3. The van der Waals surface area contributed by atoms with Gasteiger partial charge in [-0.05, 0) is 58.2 Å². The van der Waals surface area contributed by atoms with Crippen molar-refractivity contribution in [1.29, 1.82) is 0 Å². The Morgan fingerprint density at radius 1 is 1.36 bits per heavy atom. The van der Waals surface area contributed by atoms with Crippen molar-refractivity contribution in [2.45, 2.75) is 51.3 Å². The predicted molar refractivity (Wildman–Crippen MR) is 103 cm³/mol. The molecule has 4 nitrogen and oxygen atoms in total. The van der Waals surface area contributed by atoms with Gasteiger partial charge in [-0.15, -0.1) is 4.31 Å². The third kappa shape index (κ3) is 5.48. The average Bonchev–Trinajstić information content (AvgIpc) is 2.56. The molecule has 0 saturated heterocycles. The first-order valence-corrected chi connectivity index (χ1v) is 10.00. The van der Waals surface area contributed by atoms with Crippen molar-refractivity contribution in [2.75, 3.05) is 13.2 Å². The molecule has 0 aromatic heterocycles. The molecule has 1 heterocycles. The molecule has 25 heavy (non-hydrogen) atoms. The standard InChI is InChI=1S/C19H26ClNO3S/c1-5-24-18(22)15-8-11-17(12-14-6-9-16(20)10-7-14)21(13-15)25(23)19(2,3)4/h6-10,17H,5,11-13H2,1-4H3/t17-,25?/m1/s1. The predicted octanol–water partition coefficient (Wildman–Crippen LogP) is 3.91. The molecule has 0 bridgehead atoms. The van der Waals surface area contributed by atoms with E-state index in [4.69, 9.17) is 16.3 Å². The molecular formula is C19H26ClNO3S. The van der Waals surface area contributed by atoms with Crippen LogP contribution in [0.4, 0.5) is 0 Å². The first-order chi connectivity index (χ1) is 11.7. The van der Waals surface area contributed by atoms with Crippen molar-refractivity contribution in [3.63, 3.8) is 0 Å². The van der Waals surface area contributed by atoms with Crippen molar-refractivity contribution in [2.24, 2.45) is 0 Å². The Bertz CT molecular complexity index is 625. The highest BCUT2D eigenvalue weighted by Crippen LogP contribution is 2.30. The second-order valence-corrected chi connectivity index (χ2v) is 9.74. The Morgan fingerprint density at radius 2 is 2.00 bits per heavy atom. The van der Waals surface area contributed by atoms with Crippen LogP contribution in [-0.2, 0) is 27.3 Å². The highest BCUT2D eigenvalue weighted by molar-refractivity contribution is 7.90. The van der Waals surface area contributed by atoms with E-state index in [0.29, 0.717) is 30.2 Å². The summed E-state index contributed by atoms with van der Waals surface area (Å²) in [4.78, 5) is 12.1. The lowest BCUT2D eigenvalue weighted by atomic mass is 9.98. The molecule has 1 aromatic rings. The van der Waals surface area contributed by atoms with Crippen molar-refractivity contribution in [3.8, 4) is 0 Å². The fourth-order valence-corrected chi connectivity index (χ4v) is 4.27. The molecule has 0 N–H and O–H groups in total. The fraction of sp³-hybridized carbons (Fsp3) is 0.526. The summed E-state index contributed by atoms with van der Waals surface area (Å²) in [6, 6.07) is 7.78. The number of benzene rings is 1. The molecule has 2 atom stereocenters. The van der Waals surface area contributed by atoms with Crippen LogP contribution in [0.1, 0.15) is 39.7 Å². The van der Waals surface area contributed by atoms with Crippen molar-refractivity contribution in [3.05, 3.63) is 46.5 Å². The molecule has 0 radical (unpaired) electrons. The van der Waals surface area contributed by atoms with Gasteiger partial charge >= 0.3 is 5.97 Å². The van der Waals surface area contributed by atoms with Crippen LogP contribution >= 0.6 is 11.6 Å². The zero-order chi connectivity index (χ0) is 18.6. The van der Waals surface area contributed by atoms with E-state index in [1.54, 1.807) is 6.92 Å². The second-order valence-electron chi connectivity index (χ2n) is 7.11. The SMILES string of the molecule is CCOC(=O)C1=CC[C@H](Cc2ccc(Cl)cc2)N([S+]([O-])C(C)(C)C)C1. The summed E-state index contributed by atoms with van der Waals surface area (Å²) in [5.74, 6) is -0.316. The molecular weight excluding hydrogens is 358 g/mol. The summed E-state index contributed by atoms with van der Waals surface area (Å²) in [7, 11) is 0. The molecule has 1 aromatic carbocycles. The van der Waals surface area contributed by atoms with Gasteiger partial charge in [-0.3, -0.25) is 0 Å². The molecule has 2 rings (SSSR count). The minimum absolute atomic E-state index is 0.0689. The second kappa shape index (κ2) is 8.58. The molecule has 1 aliphatic heterocycles. The topological polar surface area (TPSA) is 52.6 Å². The van der Waals surface area contributed by atoms with E-state index in [9.17, 15) is 9.35 Å². The van der Waals surface area contributed by atoms with Crippen LogP contribution in [0.3, 0.4) is 0 Å². The average molecular weight is 384 g/mol. The summed E-state index contributed by atoms with van der Waals surface area (Å²) in [6.45, 7) is 8.32. The van der Waals surface area contributed by atoms with E-state index in [1.807, 2.05) is 55.4 Å². The van der Waals surface area contributed by atoms with E-state index in [-0.39, 0.29) is 12.0 Å². The number of carbonyl (C=O) groups excluding carboxylic acids is 1. The van der Waals surface area contributed by atoms with Crippen LogP contribution in [0.15, 0.2) is 35.9 Å². The van der Waals surface area contributed by atoms with E-state index in [2.05, 4.69) is 0 Å². The van der Waals surface area contributed by atoms with E-state index < -0.39 is 16.1 Å². The fourth-order valence-electron chi connectivity index (χ4n) is 2.75. The van der Waals surface area contributed by atoms with E-state index in [1.165, 1.54) is 0 Å². The lowest BCUT2D eigenvalue weighted by Gasteiger charge is -2.39. The summed E-state index contributed by atoms with van der Waals surface area (Å²) < 4.78 is 19.7. The number of nitrogens with zero attached hydrogens (tertiary/aromatic N) is 1. The summed E-state index contributed by atoms with van der Waals surface area (Å²) in [6.07, 6.45) is 3.35. The van der Waals surface area contributed by atoms with Gasteiger partial charge in [-0.1, -0.05) is 29.8 Å². The first-order valence-electron chi connectivity index (χ1n) is 8.51. The Labute approximate surface area is 158 Å². The highest BCUT2D eigenvalue weighted by atomic mass is 35.5. The number of carbonyl (C=O) groups is 1. The maximum atomic E-state index is 13.0.